The molecule has 1 aliphatic rings. The van der Waals surface area contributed by atoms with Crippen LogP contribution < -0.4 is 4.90 Å². The molecule has 2 aromatic carbocycles. The second-order valence-corrected chi connectivity index (χ2v) is 5.04. The SMILES string of the molecule is N#Cc1c[nH]c2ccc(N3C(=O)c4ccccc4C3=O)cc12. The van der Waals surface area contributed by atoms with Crippen LogP contribution in [0.5, 0.6) is 0 Å². The Morgan fingerprint density at radius 2 is 1.68 bits per heavy atom. The number of hydrogen-bond donors (Lipinski definition) is 1. The fourth-order valence-corrected chi connectivity index (χ4v) is 2.76. The maximum Gasteiger partial charge on any atom is 0.266 e. The number of carbonyl (C=O) groups is 2. The zero-order valence-corrected chi connectivity index (χ0v) is 11.3. The molecule has 22 heavy (non-hydrogen) atoms. The fraction of sp³-hybridized carbons (Fsp3) is 0. The predicted octanol–water partition coefficient (Wildman–Crippen LogP) is 2.84. The molecule has 5 heteroatoms. The second kappa shape index (κ2) is 4.30. The van der Waals surface area contributed by atoms with E-state index in [2.05, 4.69) is 11.1 Å². The molecule has 5 nitrogen and oxygen atoms in total. The molecule has 104 valence electrons. The molecule has 0 fully saturated rings. The normalized spacial score (nSPS) is 13.5. The Balaban J connectivity index is 1.88. The first-order valence-corrected chi connectivity index (χ1v) is 6.70. The van der Waals surface area contributed by atoms with Crippen LogP contribution >= 0.6 is 0 Å². The number of rotatable bonds is 1. The van der Waals surface area contributed by atoms with E-state index < -0.39 is 0 Å². The Labute approximate surface area is 125 Å². The van der Waals surface area contributed by atoms with Crippen molar-refractivity contribution in [1.29, 1.82) is 5.26 Å². The molecule has 3 aromatic rings. The highest BCUT2D eigenvalue weighted by Crippen LogP contribution is 2.31. The number of nitrogens with zero attached hydrogens (tertiary/aromatic N) is 2. The lowest BCUT2D eigenvalue weighted by Crippen LogP contribution is -2.29. The molecule has 2 heterocycles. The average Bonchev–Trinajstić information content (AvgIpc) is 3.07. The summed E-state index contributed by atoms with van der Waals surface area (Å²) >= 11 is 0. The number of anilines is 1. The minimum Gasteiger partial charge on any atom is -0.360 e. The van der Waals surface area contributed by atoms with Gasteiger partial charge in [-0.05, 0) is 30.3 Å². The molecule has 0 unspecified atom stereocenters. The summed E-state index contributed by atoms with van der Waals surface area (Å²) in [7, 11) is 0. The van der Waals surface area contributed by atoms with E-state index >= 15 is 0 Å². The van der Waals surface area contributed by atoms with Gasteiger partial charge in [-0.2, -0.15) is 5.26 Å². The van der Waals surface area contributed by atoms with Crippen LogP contribution in [-0.2, 0) is 0 Å². The second-order valence-electron chi connectivity index (χ2n) is 5.04. The number of hydrogen-bond acceptors (Lipinski definition) is 3. The van der Waals surface area contributed by atoms with Gasteiger partial charge in [0, 0.05) is 17.1 Å². The fourth-order valence-electron chi connectivity index (χ4n) is 2.76. The van der Waals surface area contributed by atoms with Crippen LogP contribution in [0.2, 0.25) is 0 Å². The van der Waals surface area contributed by atoms with Crippen LogP contribution in [0.15, 0.2) is 48.7 Å². The zero-order chi connectivity index (χ0) is 15.3. The lowest BCUT2D eigenvalue weighted by molar-refractivity contribution is 0.0926. The quantitative estimate of drug-likeness (QED) is 0.699. The lowest BCUT2D eigenvalue weighted by Gasteiger charge is -2.14. The number of aromatic nitrogens is 1. The largest absolute Gasteiger partial charge is 0.360 e. The van der Waals surface area contributed by atoms with Gasteiger partial charge in [-0.3, -0.25) is 9.59 Å². The molecule has 4 rings (SSSR count). The van der Waals surface area contributed by atoms with Crippen LogP contribution in [0, 0.1) is 11.3 Å². The van der Waals surface area contributed by atoms with Crippen LogP contribution in [0.25, 0.3) is 10.9 Å². The van der Waals surface area contributed by atoms with Gasteiger partial charge in [0.2, 0.25) is 0 Å². The van der Waals surface area contributed by atoms with Crippen molar-refractivity contribution >= 4 is 28.4 Å². The summed E-state index contributed by atoms with van der Waals surface area (Å²) in [5.74, 6) is -0.678. The van der Waals surface area contributed by atoms with E-state index in [0.717, 1.165) is 10.4 Å². The van der Waals surface area contributed by atoms with Gasteiger partial charge in [0.1, 0.15) is 6.07 Å². The Bertz CT molecular complexity index is 960. The van der Waals surface area contributed by atoms with Gasteiger partial charge < -0.3 is 4.98 Å². The van der Waals surface area contributed by atoms with E-state index in [-0.39, 0.29) is 11.8 Å². The van der Waals surface area contributed by atoms with E-state index in [1.165, 1.54) is 0 Å². The van der Waals surface area contributed by atoms with Crippen molar-refractivity contribution in [3.63, 3.8) is 0 Å². The van der Waals surface area contributed by atoms with Gasteiger partial charge in [0.05, 0.1) is 22.4 Å². The summed E-state index contributed by atoms with van der Waals surface area (Å²) in [5, 5.41) is 9.80. The van der Waals surface area contributed by atoms with Gasteiger partial charge in [-0.15, -0.1) is 0 Å². The summed E-state index contributed by atoms with van der Waals surface area (Å²) in [4.78, 5) is 29.1. The molecular formula is C17H9N3O2. The molecule has 0 spiro atoms. The van der Waals surface area contributed by atoms with E-state index in [1.54, 1.807) is 48.7 Å². The third-order valence-electron chi connectivity index (χ3n) is 3.84. The van der Waals surface area contributed by atoms with Crippen molar-refractivity contribution in [1.82, 2.24) is 4.98 Å². The highest BCUT2D eigenvalue weighted by atomic mass is 16.2. The molecule has 1 N–H and O–H groups in total. The Kier molecular flexibility index (Phi) is 2.42. The number of fused-ring (bicyclic) bond motifs is 2. The predicted molar refractivity (Wildman–Crippen MR) is 80.6 cm³/mol. The summed E-state index contributed by atoms with van der Waals surface area (Å²) in [5.41, 5.74) is 2.55. The van der Waals surface area contributed by atoms with Crippen LogP contribution in [0.1, 0.15) is 26.3 Å². The number of imide groups is 1. The van der Waals surface area contributed by atoms with E-state index in [4.69, 9.17) is 5.26 Å². The van der Waals surface area contributed by atoms with Crippen molar-refractivity contribution in [3.05, 3.63) is 65.4 Å². The van der Waals surface area contributed by atoms with Crippen LogP contribution in [0.3, 0.4) is 0 Å². The third kappa shape index (κ3) is 1.52. The van der Waals surface area contributed by atoms with Crippen LogP contribution in [-0.4, -0.2) is 16.8 Å². The van der Waals surface area contributed by atoms with Gasteiger partial charge in [-0.25, -0.2) is 4.90 Å². The molecule has 0 saturated heterocycles. The first kappa shape index (κ1) is 12.4. The number of benzene rings is 2. The smallest absolute Gasteiger partial charge is 0.266 e. The number of nitrogens with one attached hydrogen (secondary N) is 1. The van der Waals surface area contributed by atoms with Crippen molar-refractivity contribution in [2.45, 2.75) is 0 Å². The van der Waals surface area contributed by atoms with Crippen molar-refractivity contribution in [2.75, 3.05) is 4.90 Å². The standard InChI is InChI=1S/C17H9N3O2/c18-8-10-9-19-15-6-5-11(7-14(10)15)20-16(21)12-3-1-2-4-13(12)17(20)22/h1-7,9,19H. The van der Waals surface area contributed by atoms with Gasteiger partial charge >= 0.3 is 0 Å². The van der Waals surface area contributed by atoms with Crippen molar-refractivity contribution in [3.8, 4) is 6.07 Å². The molecular weight excluding hydrogens is 278 g/mol. The molecule has 0 radical (unpaired) electrons. The van der Waals surface area contributed by atoms with Crippen molar-refractivity contribution in [2.24, 2.45) is 0 Å². The molecule has 0 saturated carbocycles. The summed E-state index contributed by atoms with van der Waals surface area (Å²) in [6.07, 6.45) is 1.61. The number of carbonyl (C=O) groups excluding carboxylic acids is 2. The van der Waals surface area contributed by atoms with Gasteiger partial charge in [0.25, 0.3) is 11.8 Å². The first-order chi connectivity index (χ1) is 10.7. The maximum atomic E-state index is 12.5. The topological polar surface area (TPSA) is 77.0 Å². The maximum absolute atomic E-state index is 12.5. The van der Waals surface area contributed by atoms with Crippen LogP contribution in [0.4, 0.5) is 5.69 Å². The van der Waals surface area contributed by atoms with E-state index in [1.807, 2.05) is 0 Å². The minimum atomic E-state index is -0.339. The number of H-pyrrole nitrogens is 1. The lowest BCUT2D eigenvalue weighted by atomic mass is 10.1. The molecule has 1 aliphatic heterocycles. The van der Waals surface area contributed by atoms with Gasteiger partial charge in [-0.1, -0.05) is 12.1 Å². The van der Waals surface area contributed by atoms with E-state index in [0.29, 0.717) is 27.8 Å². The molecule has 0 bridgehead atoms. The molecule has 0 atom stereocenters. The minimum absolute atomic E-state index is 0.339. The monoisotopic (exact) mass is 287 g/mol. The van der Waals surface area contributed by atoms with Crippen molar-refractivity contribution < 1.29 is 9.59 Å². The van der Waals surface area contributed by atoms with Gasteiger partial charge in [0.15, 0.2) is 0 Å². The first-order valence-electron chi connectivity index (χ1n) is 6.70. The number of nitriles is 1. The van der Waals surface area contributed by atoms with E-state index in [9.17, 15) is 9.59 Å². The average molecular weight is 287 g/mol. The molecule has 1 aromatic heterocycles. The number of amides is 2. The summed E-state index contributed by atoms with van der Waals surface area (Å²) in [6.45, 7) is 0. The zero-order valence-electron chi connectivity index (χ0n) is 11.3. The molecule has 2 amide bonds. The third-order valence-corrected chi connectivity index (χ3v) is 3.84. The Hall–Kier alpha value is -3.39. The highest BCUT2D eigenvalue weighted by molar-refractivity contribution is 6.34. The number of aromatic amines is 1. The Morgan fingerprint density at radius 1 is 1.00 bits per heavy atom. The highest BCUT2D eigenvalue weighted by Gasteiger charge is 2.36. The summed E-state index contributed by atoms with van der Waals surface area (Å²) in [6, 6.07) is 14.0. The Morgan fingerprint density at radius 3 is 2.32 bits per heavy atom. The molecule has 0 aliphatic carbocycles. The summed E-state index contributed by atoms with van der Waals surface area (Å²) < 4.78 is 0.